The fraction of sp³-hybridized carbons (Fsp3) is 0.542. The summed E-state index contributed by atoms with van der Waals surface area (Å²) < 4.78 is 6.47. The van der Waals surface area contributed by atoms with E-state index in [4.69, 9.17) is 14.7 Å². The molecule has 2 unspecified atom stereocenters. The van der Waals surface area contributed by atoms with Gasteiger partial charge in [0.05, 0.1) is 18.1 Å². The predicted molar refractivity (Wildman–Crippen MR) is 131 cm³/mol. The van der Waals surface area contributed by atoms with Gasteiger partial charge in [-0.2, -0.15) is 0 Å². The van der Waals surface area contributed by atoms with Crippen LogP contribution in [-0.2, 0) is 9.53 Å². The lowest BCUT2D eigenvalue weighted by atomic mass is 10.0. The summed E-state index contributed by atoms with van der Waals surface area (Å²) in [6.07, 6.45) is -0.172. The summed E-state index contributed by atoms with van der Waals surface area (Å²) in [7, 11) is 1.43. The highest BCUT2D eigenvalue weighted by molar-refractivity contribution is 7.99. The van der Waals surface area contributed by atoms with Crippen LogP contribution in [0, 0.1) is 5.92 Å². The summed E-state index contributed by atoms with van der Waals surface area (Å²) in [5, 5.41) is 34.1. The topological polar surface area (TPSA) is 135 Å². The van der Waals surface area contributed by atoms with Crippen LogP contribution in [0.1, 0.15) is 43.7 Å². The Labute approximate surface area is 207 Å². The molecule has 5 rings (SSSR count). The van der Waals surface area contributed by atoms with Gasteiger partial charge in [-0.1, -0.05) is 54.2 Å². The lowest BCUT2D eigenvalue weighted by Gasteiger charge is -2.17. The van der Waals surface area contributed by atoms with Gasteiger partial charge in [0.2, 0.25) is 0 Å². The first kappa shape index (κ1) is 24.1. The highest BCUT2D eigenvalue weighted by Crippen LogP contribution is 2.43. The number of hydrogen-bond acceptors (Lipinski definition) is 10. The number of nitrogens with zero attached hydrogens (tertiary/aromatic N) is 5. The van der Waals surface area contributed by atoms with Crippen molar-refractivity contribution in [3.05, 3.63) is 35.9 Å². The van der Waals surface area contributed by atoms with Crippen LogP contribution in [0.15, 0.2) is 35.5 Å². The van der Waals surface area contributed by atoms with Crippen LogP contribution >= 0.6 is 11.8 Å². The van der Waals surface area contributed by atoms with Crippen molar-refractivity contribution in [2.45, 2.75) is 61.6 Å². The molecule has 1 aromatic carbocycles. The zero-order chi connectivity index (χ0) is 24.5. The number of ketones is 1. The van der Waals surface area contributed by atoms with Crippen LogP contribution in [0.2, 0.25) is 0 Å². The number of fused-ring (bicyclic) bond motifs is 1. The third kappa shape index (κ3) is 4.77. The minimum Gasteiger partial charge on any atom is -0.390 e. The highest BCUT2D eigenvalue weighted by Gasteiger charge is 2.47. The smallest absolute Gasteiger partial charge is 0.191 e. The first-order valence-corrected chi connectivity index (χ1v) is 12.9. The van der Waals surface area contributed by atoms with E-state index in [0.717, 1.165) is 18.6 Å². The predicted octanol–water partition coefficient (Wildman–Crippen LogP) is 2.19. The van der Waals surface area contributed by atoms with E-state index in [1.807, 2.05) is 18.2 Å². The number of anilines is 1. The molecule has 11 heteroatoms. The molecule has 0 radical (unpaired) electrons. The maximum absolute atomic E-state index is 12.4. The second-order valence-corrected chi connectivity index (χ2v) is 10.3. The number of carbonyl (C=O) groups excluding carboxylic acids is 1. The molecule has 2 aliphatic rings. The molecule has 0 saturated heterocycles. The molecule has 3 aromatic rings. The van der Waals surface area contributed by atoms with Crippen molar-refractivity contribution in [3.63, 3.8) is 0 Å². The minimum atomic E-state index is -1.20. The van der Waals surface area contributed by atoms with Gasteiger partial charge >= 0.3 is 0 Å². The SMILES string of the molecule is CCCSc1nc(NC2CC2c2ccccc2)c2nnn([C@@H]3C[C@H](C(=O)COC)[C@@H](O)[C@H]3O)c2n1. The number of aliphatic hydroxyl groups is 2. The number of thioether (sulfide) groups is 1. The van der Waals surface area contributed by atoms with Crippen LogP contribution in [-0.4, -0.2) is 78.7 Å². The Hall–Kier alpha value is -2.60. The lowest BCUT2D eigenvalue weighted by Crippen LogP contribution is -2.33. The molecule has 2 heterocycles. The Morgan fingerprint density at radius 2 is 2.00 bits per heavy atom. The Morgan fingerprint density at radius 1 is 1.20 bits per heavy atom. The minimum absolute atomic E-state index is 0.114. The second-order valence-electron chi connectivity index (χ2n) is 9.20. The number of hydrogen-bond donors (Lipinski definition) is 3. The van der Waals surface area contributed by atoms with Crippen molar-refractivity contribution in [2.24, 2.45) is 5.92 Å². The number of Topliss-reactive ketones (excluding diaryl/α,β-unsaturated/α-hetero) is 1. The maximum atomic E-state index is 12.4. The molecule has 3 N–H and O–H groups in total. The van der Waals surface area contributed by atoms with Gasteiger partial charge in [-0.05, 0) is 24.8 Å². The Balaban J connectivity index is 1.45. The van der Waals surface area contributed by atoms with Crippen molar-refractivity contribution >= 4 is 34.5 Å². The average Bonchev–Trinajstić information content (AvgIpc) is 3.41. The molecule has 186 valence electrons. The highest BCUT2D eigenvalue weighted by atomic mass is 32.2. The van der Waals surface area contributed by atoms with Crippen molar-refractivity contribution in [1.29, 1.82) is 0 Å². The quantitative estimate of drug-likeness (QED) is 0.282. The van der Waals surface area contributed by atoms with E-state index in [-0.39, 0.29) is 24.9 Å². The summed E-state index contributed by atoms with van der Waals surface area (Å²) in [4.78, 5) is 21.8. The van der Waals surface area contributed by atoms with Crippen molar-refractivity contribution in [1.82, 2.24) is 25.0 Å². The molecule has 0 spiro atoms. The molecular weight excluding hydrogens is 468 g/mol. The van der Waals surface area contributed by atoms with E-state index in [1.54, 1.807) is 11.8 Å². The number of aromatic nitrogens is 5. The zero-order valence-corrected chi connectivity index (χ0v) is 20.6. The van der Waals surface area contributed by atoms with Crippen LogP contribution in [0.5, 0.6) is 0 Å². The fourth-order valence-corrected chi connectivity index (χ4v) is 5.50. The number of ether oxygens (including phenoxy) is 1. The lowest BCUT2D eigenvalue weighted by molar-refractivity contribution is -0.130. The summed E-state index contributed by atoms with van der Waals surface area (Å²) >= 11 is 1.55. The van der Waals surface area contributed by atoms with E-state index in [1.165, 1.54) is 17.4 Å². The van der Waals surface area contributed by atoms with Crippen LogP contribution in [0.4, 0.5) is 5.82 Å². The molecule has 6 atom stereocenters. The summed E-state index contributed by atoms with van der Waals surface area (Å²) in [6.45, 7) is 1.98. The number of rotatable bonds is 10. The molecule has 2 aromatic heterocycles. The molecule has 35 heavy (non-hydrogen) atoms. The molecule has 2 fully saturated rings. The van der Waals surface area contributed by atoms with Gasteiger partial charge < -0.3 is 20.3 Å². The normalized spacial score (nSPS) is 27.9. The van der Waals surface area contributed by atoms with Crippen molar-refractivity contribution in [2.75, 3.05) is 24.8 Å². The Bertz CT molecular complexity index is 1190. The number of benzene rings is 1. The van der Waals surface area contributed by atoms with Crippen molar-refractivity contribution < 1.29 is 19.7 Å². The fourth-order valence-electron chi connectivity index (χ4n) is 4.81. The van der Waals surface area contributed by atoms with Gasteiger partial charge in [-0.25, -0.2) is 14.6 Å². The van der Waals surface area contributed by atoms with Crippen molar-refractivity contribution in [3.8, 4) is 0 Å². The number of carbonyl (C=O) groups is 1. The van der Waals surface area contributed by atoms with E-state index >= 15 is 0 Å². The van der Waals surface area contributed by atoms with Crippen LogP contribution in [0.25, 0.3) is 11.2 Å². The largest absolute Gasteiger partial charge is 0.390 e. The van der Waals surface area contributed by atoms with Crippen LogP contribution < -0.4 is 5.32 Å². The van der Waals surface area contributed by atoms with Crippen LogP contribution in [0.3, 0.4) is 0 Å². The summed E-state index contributed by atoms with van der Waals surface area (Å²) in [5.41, 5.74) is 2.28. The Kier molecular flexibility index (Phi) is 7.01. The molecule has 0 amide bonds. The van der Waals surface area contributed by atoms with Gasteiger partial charge in [0.1, 0.15) is 12.7 Å². The Morgan fingerprint density at radius 3 is 2.74 bits per heavy atom. The first-order valence-electron chi connectivity index (χ1n) is 12.0. The number of methoxy groups -OCH3 is 1. The third-order valence-electron chi connectivity index (χ3n) is 6.74. The van der Waals surface area contributed by atoms with Gasteiger partial charge in [0.25, 0.3) is 0 Å². The summed E-state index contributed by atoms with van der Waals surface area (Å²) in [6, 6.07) is 9.98. The third-order valence-corrected chi connectivity index (χ3v) is 7.80. The molecule has 2 aliphatic carbocycles. The molecule has 2 saturated carbocycles. The zero-order valence-electron chi connectivity index (χ0n) is 19.7. The van der Waals surface area contributed by atoms with E-state index in [2.05, 4.69) is 34.7 Å². The standard InChI is InChI=1S/C24H30N6O4S/c1-3-9-35-24-26-22(25-16-10-14(16)13-7-5-4-6-8-13)19-23(27-24)30(29-28-19)17-11-15(18(31)12-34-2)20(32)21(17)33/h4-8,14-17,20-21,32-33H,3,9-12H2,1-2H3,(H,25,26,27)/t14?,15-,16?,17-,20-,21+/m1/s1. The summed E-state index contributed by atoms with van der Waals surface area (Å²) in [5.74, 6) is 0.898. The molecule has 0 aliphatic heterocycles. The maximum Gasteiger partial charge on any atom is 0.191 e. The van der Waals surface area contributed by atoms with E-state index in [0.29, 0.717) is 28.1 Å². The van der Waals surface area contributed by atoms with E-state index in [9.17, 15) is 15.0 Å². The molecular formula is C24H30N6O4S. The van der Waals surface area contributed by atoms with E-state index < -0.39 is 24.2 Å². The van der Waals surface area contributed by atoms with Gasteiger partial charge in [-0.3, -0.25) is 4.79 Å². The van der Waals surface area contributed by atoms with Gasteiger partial charge in [0, 0.05) is 24.8 Å². The first-order chi connectivity index (χ1) is 17.0. The van der Waals surface area contributed by atoms with Gasteiger partial charge in [0.15, 0.2) is 27.9 Å². The number of nitrogens with one attached hydrogen (secondary N) is 1. The number of aliphatic hydroxyl groups excluding tert-OH is 2. The monoisotopic (exact) mass is 498 g/mol. The molecule has 0 bridgehead atoms. The molecule has 10 nitrogen and oxygen atoms in total. The second kappa shape index (κ2) is 10.2. The van der Waals surface area contributed by atoms with Gasteiger partial charge in [-0.15, -0.1) is 5.10 Å². The average molecular weight is 499 g/mol.